The monoisotopic (exact) mass is 410 g/mol. The Morgan fingerprint density at radius 1 is 1.13 bits per heavy atom. The van der Waals surface area contributed by atoms with Gasteiger partial charge in [0.15, 0.2) is 5.65 Å². The lowest BCUT2D eigenvalue weighted by Gasteiger charge is -2.17. The third-order valence-corrected chi connectivity index (χ3v) is 4.90. The average Bonchev–Trinajstić information content (AvgIpc) is 3.17. The SMILES string of the molecule is Cc1ccc(C=O)cc1C#Cc1cnc2c(Nc3cccc(C(C)(C)O)n3)cccn12. The summed E-state index contributed by atoms with van der Waals surface area (Å²) in [5.41, 5.74) is 4.17. The van der Waals surface area contributed by atoms with E-state index in [9.17, 15) is 9.90 Å². The maximum atomic E-state index is 11.1. The number of nitrogens with zero attached hydrogens (tertiary/aromatic N) is 3. The summed E-state index contributed by atoms with van der Waals surface area (Å²) in [6.07, 6.45) is 4.43. The summed E-state index contributed by atoms with van der Waals surface area (Å²) < 4.78 is 1.90. The minimum absolute atomic E-state index is 0.576. The molecule has 2 N–H and O–H groups in total. The zero-order valence-electron chi connectivity index (χ0n) is 17.5. The largest absolute Gasteiger partial charge is 0.384 e. The zero-order chi connectivity index (χ0) is 22.0. The molecule has 3 aromatic heterocycles. The maximum absolute atomic E-state index is 11.1. The van der Waals surface area contributed by atoms with Crippen LogP contribution in [0.25, 0.3) is 5.65 Å². The number of aldehydes is 1. The molecule has 0 atom stereocenters. The number of carbonyl (C=O) groups is 1. The molecule has 0 spiro atoms. The van der Waals surface area contributed by atoms with Crippen LogP contribution in [0.2, 0.25) is 0 Å². The lowest BCUT2D eigenvalue weighted by molar-refractivity contribution is 0.0740. The number of rotatable bonds is 4. The average molecular weight is 410 g/mol. The number of hydrogen-bond donors (Lipinski definition) is 2. The van der Waals surface area contributed by atoms with Gasteiger partial charge in [-0.2, -0.15) is 0 Å². The van der Waals surface area contributed by atoms with E-state index in [0.29, 0.717) is 22.7 Å². The van der Waals surface area contributed by atoms with Crippen molar-refractivity contribution in [2.45, 2.75) is 26.4 Å². The van der Waals surface area contributed by atoms with Crippen LogP contribution >= 0.6 is 0 Å². The van der Waals surface area contributed by atoms with Gasteiger partial charge in [0.2, 0.25) is 0 Å². The first-order valence-electron chi connectivity index (χ1n) is 9.86. The van der Waals surface area contributed by atoms with E-state index in [0.717, 1.165) is 28.8 Å². The molecule has 0 aliphatic rings. The number of pyridine rings is 2. The van der Waals surface area contributed by atoms with Crippen LogP contribution in [0.4, 0.5) is 11.5 Å². The number of carbonyl (C=O) groups excluding carboxylic acids is 1. The number of fused-ring (bicyclic) bond motifs is 1. The number of anilines is 2. The molecule has 4 rings (SSSR count). The Bertz CT molecular complexity index is 1340. The van der Waals surface area contributed by atoms with Crippen molar-refractivity contribution in [1.82, 2.24) is 14.4 Å². The molecule has 6 nitrogen and oxygen atoms in total. The number of imidazole rings is 1. The molecule has 1 aromatic carbocycles. The Labute approximate surface area is 180 Å². The quantitative estimate of drug-likeness (QED) is 0.389. The molecule has 3 heterocycles. The maximum Gasteiger partial charge on any atom is 0.161 e. The molecule has 0 radical (unpaired) electrons. The van der Waals surface area contributed by atoms with Gasteiger partial charge in [-0.1, -0.05) is 24.1 Å². The summed E-state index contributed by atoms with van der Waals surface area (Å²) >= 11 is 0. The van der Waals surface area contributed by atoms with E-state index < -0.39 is 5.60 Å². The van der Waals surface area contributed by atoms with Crippen molar-refractivity contribution in [3.05, 3.63) is 89.0 Å². The van der Waals surface area contributed by atoms with E-state index in [1.807, 2.05) is 47.9 Å². The summed E-state index contributed by atoms with van der Waals surface area (Å²) in [4.78, 5) is 20.1. The van der Waals surface area contributed by atoms with Crippen LogP contribution in [-0.2, 0) is 5.60 Å². The van der Waals surface area contributed by atoms with Crippen molar-refractivity contribution < 1.29 is 9.90 Å². The van der Waals surface area contributed by atoms with E-state index >= 15 is 0 Å². The number of nitrogens with one attached hydrogen (secondary N) is 1. The first-order chi connectivity index (χ1) is 14.8. The third kappa shape index (κ3) is 4.32. The first-order valence-corrected chi connectivity index (χ1v) is 9.86. The molecule has 154 valence electrons. The molecule has 0 aliphatic carbocycles. The summed E-state index contributed by atoms with van der Waals surface area (Å²) in [7, 11) is 0. The molecule has 0 saturated heterocycles. The molecule has 0 amide bonds. The van der Waals surface area contributed by atoms with Crippen molar-refractivity contribution in [3.8, 4) is 11.8 Å². The van der Waals surface area contributed by atoms with Gasteiger partial charge in [0.25, 0.3) is 0 Å². The molecule has 0 saturated carbocycles. The molecular formula is C25H22N4O2. The Hall–Kier alpha value is -3.95. The highest BCUT2D eigenvalue weighted by Gasteiger charge is 2.18. The number of hydrogen-bond acceptors (Lipinski definition) is 5. The number of benzene rings is 1. The van der Waals surface area contributed by atoms with Crippen LogP contribution < -0.4 is 5.32 Å². The Balaban J connectivity index is 1.68. The highest BCUT2D eigenvalue weighted by molar-refractivity contribution is 5.76. The van der Waals surface area contributed by atoms with E-state index in [1.54, 1.807) is 38.2 Å². The minimum atomic E-state index is -1.03. The Morgan fingerprint density at radius 2 is 1.97 bits per heavy atom. The van der Waals surface area contributed by atoms with Gasteiger partial charge in [0.05, 0.1) is 17.6 Å². The van der Waals surface area contributed by atoms with Gasteiger partial charge >= 0.3 is 0 Å². The molecule has 0 unspecified atom stereocenters. The molecular weight excluding hydrogens is 388 g/mol. The van der Waals surface area contributed by atoms with Gasteiger partial charge in [-0.3, -0.25) is 9.20 Å². The summed E-state index contributed by atoms with van der Waals surface area (Å²) in [6, 6.07) is 14.7. The summed E-state index contributed by atoms with van der Waals surface area (Å²) in [5.74, 6) is 6.91. The van der Waals surface area contributed by atoms with Gasteiger partial charge < -0.3 is 10.4 Å². The molecule has 0 bridgehead atoms. The third-order valence-electron chi connectivity index (χ3n) is 4.90. The molecule has 0 fully saturated rings. The zero-order valence-corrected chi connectivity index (χ0v) is 17.5. The number of aromatic nitrogens is 3. The lowest BCUT2D eigenvalue weighted by atomic mass is 10.1. The second-order valence-corrected chi connectivity index (χ2v) is 7.79. The molecule has 31 heavy (non-hydrogen) atoms. The topological polar surface area (TPSA) is 79.5 Å². The Kier molecular flexibility index (Phi) is 5.28. The van der Waals surface area contributed by atoms with E-state index in [4.69, 9.17) is 0 Å². The van der Waals surface area contributed by atoms with Gasteiger partial charge in [-0.05, 0) is 62.6 Å². The smallest absolute Gasteiger partial charge is 0.161 e. The molecule has 0 aliphatic heterocycles. The van der Waals surface area contributed by atoms with Crippen molar-refractivity contribution in [3.63, 3.8) is 0 Å². The number of aliphatic hydroxyl groups is 1. The molecule has 6 heteroatoms. The fourth-order valence-corrected chi connectivity index (χ4v) is 3.16. The van der Waals surface area contributed by atoms with Crippen molar-refractivity contribution in [2.75, 3.05) is 5.32 Å². The first kappa shape index (κ1) is 20.3. The van der Waals surface area contributed by atoms with Crippen LogP contribution in [-0.4, -0.2) is 25.8 Å². The van der Waals surface area contributed by atoms with Crippen LogP contribution in [0.5, 0.6) is 0 Å². The van der Waals surface area contributed by atoms with Gasteiger partial charge in [-0.25, -0.2) is 9.97 Å². The standard InChI is InChI=1S/C25H22N4O2/c1-17-9-10-18(16-30)14-19(17)11-12-20-15-26-24-21(6-5-13-29(20)24)27-23-8-4-7-22(28-23)25(2,3)31/h4-10,13-16,31H,1-3H3,(H,27,28). The predicted octanol–water partition coefficient (Wildman–Crippen LogP) is 4.22. The van der Waals surface area contributed by atoms with Gasteiger partial charge in [0, 0.05) is 17.3 Å². The fourth-order valence-electron chi connectivity index (χ4n) is 3.16. The van der Waals surface area contributed by atoms with Crippen molar-refractivity contribution in [2.24, 2.45) is 0 Å². The highest BCUT2D eigenvalue weighted by atomic mass is 16.3. The second kappa shape index (κ2) is 8.05. The van der Waals surface area contributed by atoms with Crippen LogP contribution in [0.1, 0.15) is 46.7 Å². The lowest BCUT2D eigenvalue weighted by Crippen LogP contribution is -2.17. The van der Waals surface area contributed by atoms with E-state index in [2.05, 4.69) is 27.1 Å². The van der Waals surface area contributed by atoms with Gasteiger partial charge in [0.1, 0.15) is 23.4 Å². The Morgan fingerprint density at radius 3 is 2.74 bits per heavy atom. The normalized spacial score (nSPS) is 11.1. The second-order valence-electron chi connectivity index (χ2n) is 7.79. The summed E-state index contributed by atoms with van der Waals surface area (Å²) in [5, 5.41) is 13.5. The molecule has 4 aromatic rings. The predicted molar refractivity (Wildman–Crippen MR) is 121 cm³/mol. The van der Waals surface area contributed by atoms with Gasteiger partial charge in [-0.15, -0.1) is 0 Å². The van der Waals surface area contributed by atoms with Crippen LogP contribution in [0, 0.1) is 18.8 Å². The number of aryl methyl sites for hydroxylation is 1. The minimum Gasteiger partial charge on any atom is -0.384 e. The van der Waals surface area contributed by atoms with E-state index in [-0.39, 0.29) is 0 Å². The van der Waals surface area contributed by atoms with Crippen LogP contribution in [0.3, 0.4) is 0 Å². The highest BCUT2D eigenvalue weighted by Crippen LogP contribution is 2.23. The summed E-state index contributed by atoms with van der Waals surface area (Å²) in [6.45, 7) is 5.36. The van der Waals surface area contributed by atoms with Crippen LogP contribution in [0.15, 0.2) is 60.9 Å². The fraction of sp³-hybridized carbons (Fsp3) is 0.160. The van der Waals surface area contributed by atoms with Crippen molar-refractivity contribution >= 4 is 23.4 Å². The van der Waals surface area contributed by atoms with Crippen molar-refractivity contribution in [1.29, 1.82) is 0 Å². The van der Waals surface area contributed by atoms with E-state index in [1.165, 1.54) is 0 Å².